The van der Waals surface area contributed by atoms with Gasteiger partial charge in [0.1, 0.15) is 0 Å². The summed E-state index contributed by atoms with van der Waals surface area (Å²) < 4.78 is 0. The highest BCUT2D eigenvalue weighted by Gasteiger charge is 2.34. The van der Waals surface area contributed by atoms with Gasteiger partial charge in [0.15, 0.2) is 0 Å². The summed E-state index contributed by atoms with van der Waals surface area (Å²) in [7, 11) is 0. The van der Waals surface area contributed by atoms with Crippen molar-refractivity contribution < 1.29 is 0 Å². The summed E-state index contributed by atoms with van der Waals surface area (Å²) in [4.78, 5) is 4.27. The summed E-state index contributed by atoms with van der Waals surface area (Å²) >= 11 is 1.93. The Morgan fingerprint density at radius 1 is 1.53 bits per heavy atom. The van der Waals surface area contributed by atoms with Crippen molar-refractivity contribution in [1.29, 1.82) is 0 Å². The molecule has 0 aromatic carbocycles. The summed E-state index contributed by atoms with van der Waals surface area (Å²) in [5.74, 6) is 0. The van der Waals surface area contributed by atoms with Crippen LogP contribution in [0, 0.1) is 0 Å². The molecule has 1 saturated heterocycles. The summed E-state index contributed by atoms with van der Waals surface area (Å²) in [5, 5.41) is 5.99. The topological polar surface area (TPSA) is 15.3 Å². The van der Waals surface area contributed by atoms with E-state index in [4.69, 9.17) is 0 Å². The predicted octanol–water partition coefficient (Wildman–Crippen LogP) is 2.64. The minimum atomic E-state index is 0.410. The molecule has 1 fully saturated rings. The third-order valence-corrected chi connectivity index (χ3v) is 5.44. The molecule has 2 nitrogen and oxygen atoms in total. The van der Waals surface area contributed by atoms with Gasteiger partial charge in [0.05, 0.1) is 0 Å². The highest BCUT2D eigenvalue weighted by molar-refractivity contribution is 7.10. The van der Waals surface area contributed by atoms with Crippen LogP contribution in [-0.4, -0.2) is 30.1 Å². The fraction of sp³-hybridized carbons (Fsp3) is 0.714. The lowest BCUT2D eigenvalue weighted by molar-refractivity contribution is 0.175. The quantitative estimate of drug-likeness (QED) is 0.887. The van der Waals surface area contributed by atoms with E-state index in [1.807, 2.05) is 11.3 Å². The number of rotatable bonds is 3. The first-order valence-electron chi connectivity index (χ1n) is 6.84. The van der Waals surface area contributed by atoms with Crippen LogP contribution in [0.1, 0.15) is 36.6 Å². The molecule has 1 atom stereocenters. The largest absolute Gasteiger partial charge is 0.310 e. The number of hydrogen-bond acceptors (Lipinski definition) is 3. The van der Waals surface area contributed by atoms with Crippen LogP contribution in [-0.2, 0) is 13.0 Å². The molecule has 0 saturated carbocycles. The van der Waals surface area contributed by atoms with Crippen molar-refractivity contribution >= 4 is 11.3 Å². The van der Waals surface area contributed by atoms with Crippen LogP contribution >= 0.6 is 11.3 Å². The second kappa shape index (κ2) is 4.71. The standard InChI is InChI=1S/C14H22N2S/c1-2-14(6-3-7-15-14)11-16-8-4-13-12(10-16)5-9-17-13/h5,9,15H,2-4,6-8,10-11H2,1H3. The summed E-state index contributed by atoms with van der Waals surface area (Å²) in [6.07, 6.45) is 5.23. The van der Waals surface area contributed by atoms with E-state index in [0.29, 0.717) is 5.54 Å². The average molecular weight is 250 g/mol. The summed E-state index contributed by atoms with van der Waals surface area (Å²) in [5.41, 5.74) is 1.98. The fourth-order valence-corrected chi connectivity index (χ4v) is 4.18. The van der Waals surface area contributed by atoms with Gasteiger partial charge < -0.3 is 5.32 Å². The Morgan fingerprint density at radius 3 is 3.24 bits per heavy atom. The third kappa shape index (κ3) is 2.28. The van der Waals surface area contributed by atoms with Crippen LogP contribution in [0.3, 0.4) is 0 Å². The maximum absolute atomic E-state index is 3.75. The molecule has 0 spiro atoms. The molecular weight excluding hydrogens is 228 g/mol. The maximum atomic E-state index is 3.75. The lowest BCUT2D eigenvalue weighted by atomic mass is 9.92. The molecule has 1 N–H and O–H groups in total. The highest BCUT2D eigenvalue weighted by Crippen LogP contribution is 2.28. The number of fused-ring (bicyclic) bond motifs is 1. The lowest BCUT2D eigenvalue weighted by Gasteiger charge is -2.36. The van der Waals surface area contributed by atoms with Crippen LogP contribution in [0.25, 0.3) is 0 Å². The van der Waals surface area contributed by atoms with Crippen molar-refractivity contribution in [1.82, 2.24) is 10.2 Å². The van der Waals surface area contributed by atoms with Crippen LogP contribution in [0.5, 0.6) is 0 Å². The van der Waals surface area contributed by atoms with E-state index >= 15 is 0 Å². The van der Waals surface area contributed by atoms with Crippen LogP contribution in [0.2, 0.25) is 0 Å². The first-order chi connectivity index (χ1) is 8.31. The molecule has 2 aliphatic rings. The lowest BCUT2D eigenvalue weighted by Crippen LogP contribution is -2.50. The molecule has 0 aliphatic carbocycles. The van der Waals surface area contributed by atoms with Crippen molar-refractivity contribution in [3.63, 3.8) is 0 Å². The van der Waals surface area contributed by atoms with Crippen molar-refractivity contribution in [2.24, 2.45) is 0 Å². The van der Waals surface area contributed by atoms with Crippen LogP contribution in [0.4, 0.5) is 0 Å². The van der Waals surface area contributed by atoms with Gasteiger partial charge >= 0.3 is 0 Å². The van der Waals surface area contributed by atoms with Crippen molar-refractivity contribution in [3.8, 4) is 0 Å². The molecule has 2 aliphatic heterocycles. The van der Waals surface area contributed by atoms with E-state index < -0.39 is 0 Å². The minimum absolute atomic E-state index is 0.410. The normalized spacial score (nSPS) is 29.5. The number of nitrogens with one attached hydrogen (secondary N) is 1. The van der Waals surface area contributed by atoms with Gasteiger partial charge in [-0.05, 0) is 49.2 Å². The molecule has 94 valence electrons. The molecule has 3 heteroatoms. The van der Waals surface area contributed by atoms with Gasteiger partial charge in [-0.15, -0.1) is 11.3 Å². The van der Waals surface area contributed by atoms with Gasteiger partial charge in [-0.1, -0.05) is 6.92 Å². The van der Waals surface area contributed by atoms with Crippen LogP contribution < -0.4 is 5.32 Å². The monoisotopic (exact) mass is 250 g/mol. The van der Waals surface area contributed by atoms with Gasteiger partial charge in [-0.25, -0.2) is 0 Å². The third-order valence-electron chi connectivity index (χ3n) is 4.42. The van der Waals surface area contributed by atoms with Gasteiger partial charge in [-0.3, -0.25) is 4.90 Å². The Bertz CT molecular complexity index is 379. The van der Waals surface area contributed by atoms with Crippen molar-refractivity contribution in [2.45, 2.75) is 44.7 Å². The molecular formula is C14H22N2S. The second-order valence-electron chi connectivity index (χ2n) is 5.49. The second-order valence-corrected chi connectivity index (χ2v) is 6.49. The van der Waals surface area contributed by atoms with E-state index in [-0.39, 0.29) is 0 Å². The first kappa shape index (κ1) is 11.7. The zero-order valence-electron chi connectivity index (χ0n) is 10.7. The smallest absolute Gasteiger partial charge is 0.0306 e. The van der Waals surface area contributed by atoms with E-state index in [1.54, 1.807) is 10.4 Å². The molecule has 3 rings (SSSR count). The number of nitrogens with zero attached hydrogens (tertiary/aromatic N) is 1. The van der Waals surface area contributed by atoms with Crippen molar-refractivity contribution in [2.75, 3.05) is 19.6 Å². The molecule has 3 heterocycles. The Morgan fingerprint density at radius 2 is 2.47 bits per heavy atom. The molecule has 0 amide bonds. The maximum Gasteiger partial charge on any atom is 0.0306 e. The van der Waals surface area contributed by atoms with Gasteiger partial charge in [0.25, 0.3) is 0 Å². The molecule has 0 radical (unpaired) electrons. The fourth-order valence-electron chi connectivity index (χ4n) is 3.29. The van der Waals surface area contributed by atoms with Crippen molar-refractivity contribution in [3.05, 3.63) is 21.9 Å². The Hall–Kier alpha value is -0.380. The van der Waals surface area contributed by atoms with E-state index in [2.05, 4.69) is 28.6 Å². The Balaban J connectivity index is 1.67. The SMILES string of the molecule is CCC1(CN2CCc3sccc3C2)CCCN1. The summed E-state index contributed by atoms with van der Waals surface area (Å²) in [6.45, 7) is 7.20. The molecule has 17 heavy (non-hydrogen) atoms. The predicted molar refractivity (Wildman–Crippen MR) is 73.6 cm³/mol. The summed E-state index contributed by atoms with van der Waals surface area (Å²) in [6, 6.07) is 2.31. The Kier molecular flexibility index (Phi) is 3.24. The Labute approximate surface area is 108 Å². The molecule has 1 aromatic heterocycles. The van der Waals surface area contributed by atoms with Gasteiger partial charge in [0.2, 0.25) is 0 Å². The van der Waals surface area contributed by atoms with Gasteiger partial charge in [-0.2, -0.15) is 0 Å². The van der Waals surface area contributed by atoms with E-state index in [9.17, 15) is 0 Å². The molecule has 1 unspecified atom stereocenters. The molecule has 1 aromatic rings. The van der Waals surface area contributed by atoms with Crippen LogP contribution in [0.15, 0.2) is 11.4 Å². The van der Waals surface area contributed by atoms with Gasteiger partial charge in [0, 0.05) is 30.1 Å². The minimum Gasteiger partial charge on any atom is -0.310 e. The zero-order chi connectivity index (χ0) is 11.7. The average Bonchev–Trinajstić information content (AvgIpc) is 2.97. The van der Waals surface area contributed by atoms with E-state index in [1.165, 1.54) is 51.9 Å². The number of thiophene rings is 1. The number of hydrogen-bond donors (Lipinski definition) is 1. The highest BCUT2D eigenvalue weighted by atomic mass is 32.1. The van der Waals surface area contributed by atoms with E-state index in [0.717, 1.165) is 0 Å². The zero-order valence-corrected chi connectivity index (χ0v) is 11.5. The first-order valence-corrected chi connectivity index (χ1v) is 7.72. The molecule has 0 bridgehead atoms.